The Balaban J connectivity index is 1.81. The van der Waals surface area contributed by atoms with E-state index in [0.29, 0.717) is 10.8 Å². The van der Waals surface area contributed by atoms with Gasteiger partial charge in [-0.1, -0.05) is 170 Å². The Kier molecular flexibility index (Phi) is 16.5. The van der Waals surface area contributed by atoms with E-state index in [9.17, 15) is 0 Å². The summed E-state index contributed by atoms with van der Waals surface area (Å²) < 4.78 is 0. The predicted octanol–water partition coefficient (Wildman–Crippen LogP) is 13.3. The van der Waals surface area contributed by atoms with Crippen LogP contribution in [0.5, 0.6) is 0 Å². The van der Waals surface area contributed by atoms with E-state index in [4.69, 9.17) is 0 Å². The lowest BCUT2D eigenvalue weighted by Crippen LogP contribution is -2.54. The standard InChI is InChI=1S/C37H72/c1-7-10-11-12-13-14-15-16-17-18-19-25-33(26-22-24-32(4)5)27-30-36(6)28-20-21-29-37(9-3)31-34(23-8-2)35(36)37/h32-35H,7-31H2,1-6H3. The van der Waals surface area contributed by atoms with Crippen LogP contribution in [-0.2, 0) is 0 Å². The molecule has 37 heavy (non-hydrogen) atoms. The summed E-state index contributed by atoms with van der Waals surface area (Å²) in [5.41, 5.74) is 1.34. The van der Waals surface area contributed by atoms with Crippen LogP contribution in [0.2, 0.25) is 0 Å². The van der Waals surface area contributed by atoms with Gasteiger partial charge in [0.2, 0.25) is 0 Å². The van der Waals surface area contributed by atoms with Gasteiger partial charge in [0, 0.05) is 0 Å². The Hall–Kier alpha value is 0. The Labute approximate surface area is 236 Å². The largest absolute Gasteiger partial charge is 0.0654 e. The maximum atomic E-state index is 2.77. The summed E-state index contributed by atoms with van der Waals surface area (Å²) in [5.74, 6) is 3.94. The summed E-state index contributed by atoms with van der Waals surface area (Å²) in [6.07, 6.45) is 37.2. The highest BCUT2D eigenvalue weighted by Gasteiger charge is 2.58. The molecule has 0 aromatic carbocycles. The van der Waals surface area contributed by atoms with E-state index in [1.54, 1.807) is 12.8 Å². The van der Waals surface area contributed by atoms with Gasteiger partial charge in [-0.2, -0.15) is 0 Å². The van der Waals surface area contributed by atoms with Crippen LogP contribution in [0.15, 0.2) is 0 Å². The molecule has 0 heteroatoms. The fourth-order valence-electron chi connectivity index (χ4n) is 9.17. The van der Waals surface area contributed by atoms with Crippen LogP contribution in [0, 0.1) is 34.5 Å². The summed E-state index contributed by atoms with van der Waals surface area (Å²) in [5, 5.41) is 0. The molecule has 2 aliphatic rings. The molecule has 2 saturated carbocycles. The molecule has 0 heterocycles. The average molecular weight is 517 g/mol. The van der Waals surface area contributed by atoms with E-state index >= 15 is 0 Å². The number of hydrogen-bond acceptors (Lipinski definition) is 0. The molecule has 2 aliphatic carbocycles. The minimum Gasteiger partial charge on any atom is -0.0654 e. The number of hydrogen-bond donors (Lipinski definition) is 0. The Morgan fingerprint density at radius 2 is 1.24 bits per heavy atom. The molecule has 0 nitrogen and oxygen atoms in total. The van der Waals surface area contributed by atoms with Crippen molar-refractivity contribution in [2.24, 2.45) is 34.5 Å². The van der Waals surface area contributed by atoms with Crippen LogP contribution >= 0.6 is 0 Å². The van der Waals surface area contributed by atoms with Crippen molar-refractivity contribution in [3.63, 3.8) is 0 Å². The molecule has 5 unspecified atom stereocenters. The molecule has 0 radical (unpaired) electrons. The fraction of sp³-hybridized carbons (Fsp3) is 1.00. The van der Waals surface area contributed by atoms with E-state index in [2.05, 4.69) is 41.5 Å². The first-order chi connectivity index (χ1) is 17.9. The summed E-state index contributed by atoms with van der Waals surface area (Å²) in [6, 6.07) is 0. The highest BCUT2D eigenvalue weighted by Crippen LogP contribution is 2.67. The smallest absolute Gasteiger partial charge is 0.0261 e. The number of unbranched alkanes of at least 4 members (excludes halogenated alkanes) is 10. The molecule has 0 N–H and O–H groups in total. The highest BCUT2D eigenvalue weighted by atomic mass is 14.6. The van der Waals surface area contributed by atoms with Crippen molar-refractivity contribution in [3.8, 4) is 0 Å². The van der Waals surface area contributed by atoms with E-state index in [-0.39, 0.29) is 0 Å². The van der Waals surface area contributed by atoms with Crippen molar-refractivity contribution in [2.75, 3.05) is 0 Å². The summed E-state index contributed by atoms with van der Waals surface area (Å²) >= 11 is 0. The molecule has 2 rings (SSSR count). The van der Waals surface area contributed by atoms with Crippen molar-refractivity contribution in [3.05, 3.63) is 0 Å². The Bertz CT molecular complexity index is 548. The van der Waals surface area contributed by atoms with Gasteiger partial charge in [0.15, 0.2) is 0 Å². The molecule has 220 valence electrons. The average Bonchev–Trinajstić information content (AvgIpc) is 2.97. The van der Waals surface area contributed by atoms with Gasteiger partial charge in [0.05, 0.1) is 0 Å². The zero-order valence-corrected chi connectivity index (χ0v) is 27.0. The van der Waals surface area contributed by atoms with Crippen molar-refractivity contribution in [1.82, 2.24) is 0 Å². The molecule has 2 fully saturated rings. The van der Waals surface area contributed by atoms with Crippen LogP contribution in [0.4, 0.5) is 0 Å². The van der Waals surface area contributed by atoms with Crippen LogP contribution in [0.3, 0.4) is 0 Å². The van der Waals surface area contributed by atoms with Gasteiger partial charge in [-0.05, 0) is 66.6 Å². The topological polar surface area (TPSA) is 0 Å². The summed E-state index contributed by atoms with van der Waals surface area (Å²) in [6.45, 7) is 14.9. The first-order valence-electron chi connectivity index (χ1n) is 17.9. The molecular weight excluding hydrogens is 444 g/mol. The molecule has 0 bridgehead atoms. The molecule has 0 aliphatic heterocycles. The van der Waals surface area contributed by atoms with Crippen LogP contribution in [0.1, 0.15) is 202 Å². The SMILES string of the molecule is CCCCCCCCCCCCCC(CCCC(C)C)CCC1(C)CCCCC2(CC)CC(CCC)C12. The first kappa shape index (κ1) is 33.2. The zero-order chi connectivity index (χ0) is 27.0. The van der Waals surface area contributed by atoms with Gasteiger partial charge in [-0.15, -0.1) is 0 Å². The van der Waals surface area contributed by atoms with Gasteiger partial charge in [-0.3, -0.25) is 0 Å². The van der Waals surface area contributed by atoms with Gasteiger partial charge in [0.1, 0.15) is 0 Å². The Morgan fingerprint density at radius 1 is 0.649 bits per heavy atom. The van der Waals surface area contributed by atoms with E-state index in [1.165, 1.54) is 148 Å². The minimum absolute atomic E-state index is 0.623. The Morgan fingerprint density at radius 3 is 1.84 bits per heavy atom. The summed E-state index contributed by atoms with van der Waals surface area (Å²) in [7, 11) is 0. The third-order valence-electron chi connectivity index (χ3n) is 11.3. The highest BCUT2D eigenvalue weighted by molar-refractivity contribution is 5.08. The monoisotopic (exact) mass is 517 g/mol. The van der Waals surface area contributed by atoms with E-state index in [0.717, 1.165) is 23.7 Å². The van der Waals surface area contributed by atoms with Gasteiger partial charge < -0.3 is 0 Å². The lowest BCUT2D eigenvalue weighted by Gasteiger charge is -2.62. The van der Waals surface area contributed by atoms with E-state index in [1.807, 2.05) is 0 Å². The third kappa shape index (κ3) is 11.2. The maximum absolute atomic E-state index is 2.77. The van der Waals surface area contributed by atoms with Crippen molar-refractivity contribution in [1.29, 1.82) is 0 Å². The molecule has 0 spiro atoms. The second kappa shape index (κ2) is 18.4. The molecule has 0 aromatic rings. The second-order valence-electron chi connectivity index (χ2n) is 14.9. The lowest BCUT2D eigenvalue weighted by atomic mass is 9.43. The van der Waals surface area contributed by atoms with Crippen molar-refractivity contribution < 1.29 is 0 Å². The van der Waals surface area contributed by atoms with Crippen molar-refractivity contribution >= 4 is 0 Å². The second-order valence-corrected chi connectivity index (χ2v) is 14.9. The maximum Gasteiger partial charge on any atom is -0.0261 e. The van der Waals surface area contributed by atoms with Crippen LogP contribution in [0.25, 0.3) is 0 Å². The van der Waals surface area contributed by atoms with Gasteiger partial charge in [0.25, 0.3) is 0 Å². The quantitative estimate of drug-likeness (QED) is 0.125. The molecule has 0 amide bonds. The zero-order valence-electron chi connectivity index (χ0n) is 27.0. The molecule has 0 aromatic heterocycles. The molecular formula is C37H72. The normalized spacial score (nSPS) is 28.6. The molecule has 0 saturated heterocycles. The number of fused-ring (bicyclic) bond motifs is 1. The van der Waals surface area contributed by atoms with Crippen LogP contribution in [-0.4, -0.2) is 0 Å². The summed E-state index contributed by atoms with van der Waals surface area (Å²) in [4.78, 5) is 0. The van der Waals surface area contributed by atoms with Gasteiger partial charge in [-0.25, -0.2) is 0 Å². The van der Waals surface area contributed by atoms with Crippen LogP contribution < -0.4 is 0 Å². The molecule has 5 atom stereocenters. The lowest BCUT2D eigenvalue weighted by molar-refractivity contribution is -0.128. The predicted molar refractivity (Wildman–Crippen MR) is 168 cm³/mol. The number of rotatable bonds is 22. The third-order valence-corrected chi connectivity index (χ3v) is 11.3. The van der Waals surface area contributed by atoms with Gasteiger partial charge >= 0.3 is 0 Å². The fourth-order valence-corrected chi connectivity index (χ4v) is 9.17. The van der Waals surface area contributed by atoms with Crippen molar-refractivity contribution in [2.45, 2.75) is 202 Å². The first-order valence-corrected chi connectivity index (χ1v) is 17.9. The minimum atomic E-state index is 0.623. The van der Waals surface area contributed by atoms with E-state index < -0.39 is 0 Å².